The average molecular weight is 439 g/mol. The van der Waals surface area contributed by atoms with Crippen molar-refractivity contribution in [1.82, 2.24) is 0 Å². The second-order valence-corrected chi connectivity index (χ2v) is 6.06. The maximum atomic E-state index is 13.6. The van der Waals surface area contributed by atoms with Crippen LogP contribution in [0.4, 0.5) is 23.2 Å². The van der Waals surface area contributed by atoms with Crippen molar-refractivity contribution >= 4 is 11.6 Å². The van der Waals surface area contributed by atoms with Gasteiger partial charge in [0.1, 0.15) is 18.2 Å². The standard InChI is InChI=1S/C21H17F4NO5/c1-2-28-19-10-13(4-7-17(19)31-21(24)25)26-20(27)18-8-5-14(30-18)11-29-16-6-3-12(22)9-15(16)23/h3-10,21H,2,11H2,1H3,(H,26,27). The molecule has 3 aromatic rings. The van der Waals surface area contributed by atoms with Crippen LogP contribution in [0, 0.1) is 11.6 Å². The number of anilines is 1. The fraction of sp³-hybridized carbons (Fsp3) is 0.190. The molecule has 1 aromatic heterocycles. The van der Waals surface area contributed by atoms with Gasteiger partial charge in [0, 0.05) is 17.8 Å². The molecule has 0 saturated heterocycles. The predicted octanol–water partition coefficient (Wildman–Crippen LogP) is 5.39. The van der Waals surface area contributed by atoms with E-state index in [4.69, 9.17) is 13.9 Å². The Labute approximate surface area is 174 Å². The Morgan fingerprint density at radius 1 is 1.00 bits per heavy atom. The Morgan fingerprint density at radius 3 is 2.48 bits per heavy atom. The van der Waals surface area contributed by atoms with Crippen molar-refractivity contribution in [2.24, 2.45) is 0 Å². The van der Waals surface area contributed by atoms with E-state index in [-0.39, 0.29) is 47.7 Å². The zero-order valence-electron chi connectivity index (χ0n) is 16.2. The first kappa shape index (κ1) is 22.0. The number of carbonyl (C=O) groups excluding carboxylic acids is 1. The minimum absolute atomic E-state index is 0.0375. The van der Waals surface area contributed by atoms with E-state index < -0.39 is 24.2 Å². The first-order valence-corrected chi connectivity index (χ1v) is 9.05. The molecule has 0 fully saturated rings. The van der Waals surface area contributed by atoms with Crippen molar-refractivity contribution in [2.45, 2.75) is 20.1 Å². The first-order valence-electron chi connectivity index (χ1n) is 9.05. The van der Waals surface area contributed by atoms with E-state index in [1.807, 2.05) is 0 Å². The smallest absolute Gasteiger partial charge is 0.387 e. The molecule has 0 radical (unpaired) electrons. The summed E-state index contributed by atoms with van der Waals surface area (Å²) in [6, 6.07) is 9.65. The van der Waals surface area contributed by atoms with Crippen molar-refractivity contribution in [3.63, 3.8) is 0 Å². The molecule has 6 nitrogen and oxygen atoms in total. The second-order valence-electron chi connectivity index (χ2n) is 6.06. The molecule has 0 aliphatic heterocycles. The van der Waals surface area contributed by atoms with Gasteiger partial charge in [-0.25, -0.2) is 8.78 Å². The van der Waals surface area contributed by atoms with Crippen LogP contribution in [0.3, 0.4) is 0 Å². The van der Waals surface area contributed by atoms with Crippen LogP contribution < -0.4 is 19.5 Å². The van der Waals surface area contributed by atoms with E-state index in [0.717, 1.165) is 12.1 Å². The molecule has 164 valence electrons. The summed E-state index contributed by atoms with van der Waals surface area (Å²) in [4.78, 5) is 12.4. The molecule has 0 spiro atoms. The van der Waals surface area contributed by atoms with Gasteiger partial charge in [-0.2, -0.15) is 8.78 Å². The summed E-state index contributed by atoms with van der Waals surface area (Å²) in [5.41, 5.74) is 0.262. The summed E-state index contributed by atoms with van der Waals surface area (Å²) in [5.74, 6) is -2.36. The number of nitrogens with one attached hydrogen (secondary N) is 1. The molecular formula is C21H17F4NO5. The molecule has 0 bridgehead atoms. The van der Waals surface area contributed by atoms with Gasteiger partial charge in [0.25, 0.3) is 5.91 Å². The molecule has 0 aliphatic carbocycles. The molecular weight excluding hydrogens is 422 g/mol. The van der Waals surface area contributed by atoms with Crippen LogP contribution in [0.25, 0.3) is 0 Å². The highest BCUT2D eigenvalue weighted by Crippen LogP contribution is 2.32. The molecule has 3 rings (SSSR count). The third-order valence-corrected chi connectivity index (χ3v) is 3.87. The number of carbonyl (C=O) groups is 1. The average Bonchev–Trinajstić information content (AvgIpc) is 3.18. The number of furan rings is 1. The number of halogens is 4. The Kier molecular flexibility index (Phi) is 7.01. The number of alkyl halides is 2. The van der Waals surface area contributed by atoms with Gasteiger partial charge in [0.05, 0.1) is 6.61 Å². The first-order chi connectivity index (χ1) is 14.9. The Morgan fingerprint density at radius 2 is 1.77 bits per heavy atom. The molecule has 1 amide bonds. The van der Waals surface area contributed by atoms with E-state index in [1.54, 1.807) is 6.92 Å². The van der Waals surface area contributed by atoms with Crippen molar-refractivity contribution in [3.8, 4) is 17.2 Å². The largest absolute Gasteiger partial charge is 0.490 e. The number of rotatable bonds is 9. The molecule has 0 unspecified atom stereocenters. The van der Waals surface area contributed by atoms with Gasteiger partial charge in [-0.05, 0) is 43.3 Å². The lowest BCUT2D eigenvalue weighted by Crippen LogP contribution is -2.11. The molecule has 10 heteroatoms. The fourth-order valence-corrected chi connectivity index (χ4v) is 2.56. The van der Waals surface area contributed by atoms with Gasteiger partial charge in [0.15, 0.2) is 28.8 Å². The van der Waals surface area contributed by atoms with Crippen molar-refractivity contribution in [1.29, 1.82) is 0 Å². The van der Waals surface area contributed by atoms with Gasteiger partial charge in [-0.1, -0.05) is 0 Å². The van der Waals surface area contributed by atoms with Crippen LogP contribution in [-0.4, -0.2) is 19.1 Å². The highest BCUT2D eigenvalue weighted by molar-refractivity contribution is 6.02. The van der Waals surface area contributed by atoms with E-state index in [0.29, 0.717) is 6.07 Å². The number of hydrogen-bond donors (Lipinski definition) is 1. The van der Waals surface area contributed by atoms with Gasteiger partial charge in [-0.15, -0.1) is 0 Å². The number of ether oxygens (including phenoxy) is 3. The van der Waals surface area contributed by atoms with Crippen molar-refractivity contribution in [3.05, 3.63) is 71.7 Å². The van der Waals surface area contributed by atoms with Crippen molar-refractivity contribution < 1.29 is 41.0 Å². The quantitative estimate of drug-likeness (QED) is 0.453. The van der Waals surface area contributed by atoms with Crippen molar-refractivity contribution in [2.75, 3.05) is 11.9 Å². The zero-order chi connectivity index (χ0) is 22.4. The minimum Gasteiger partial charge on any atom is -0.490 e. The van der Waals surface area contributed by atoms with Crippen LogP contribution in [0.15, 0.2) is 52.9 Å². The summed E-state index contributed by atoms with van der Waals surface area (Å²) >= 11 is 0. The third-order valence-electron chi connectivity index (χ3n) is 3.87. The lowest BCUT2D eigenvalue weighted by atomic mass is 10.2. The zero-order valence-corrected chi connectivity index (χ0v) is 16.2. The number of benzene rings is 2. The van der Waals surface area contributed by atoms with Gasteiger partial charge in [-0.3, -0.25) is 4.79 Å². The predicted molar refractivity (Wildman–Crippen MR) is 102 cm³/mol. The van der Waals surface area contributed by atoms with E-state index >= 15 is 0 Å². The maximum absolute atomic E-state index is 13.6. The van der Waals surface area contributed by atoms with E-state index in [1.165, 1.54) is 30.3 Å². The monoisotopic (exact) mass is 439 g/mol. The van der Waals surface area contributed by atoms with Crippen LogP contribution >= 0.6 is 0 Å². The van der Waals surface area contributed by atoms with Gasteiger partial charge < -0.3 is 23.9 Å². The van der Waals surface area contributed by atoms with Gasteiger partial charge >= 0.3 is 6.61 Å². The topological polar surface area (TPSA) is 69.9 Å². The summed E-state index contributed by atoms with van der Waals surface area (Å²) in [7, 11) is 0. The normalized spacial score (nSPS) is 10.8. The summed E-state index contributed by atoms with van der Waals surface area (Å²) < 4.78 is 71.7. The minimum atomic E-state index is -3.02. The summed E-state index contributed by atoms with van der Waals surface area (Å²) in [5, 5.41) is 2.54. The fourth-order valence-electron chi connectivity index (χ4n) is 2.56. The molecule has 1 heterocycles. The lowest BCUT2D eigenvalue weighted by molar-refractivity contribution is -0.0514. The highest BCUT2D eigenvalue weighted by Gasteiger charge is 2.16. The van der Waals surface area contributed by atoms with E-state index in [2.05, 4.69) is 10.1 Å². The van der Waals surface area contributed by atoms with Crippen LogP contribution in [0.5, 0.6) is 17.2 Å². The van der Waals surface area contributed by atoms with E-state index in [9.17, 15) is 22.4 Å². The van der Waals surface area contributed by atoms with Gasteiger partial charge in [0.2, 0.25) is 0 Å². The molecule has 0 saturated carbocycles. The maximum Gasteiger partial charge on any atom is 0.387 e. The molecule has 1 N–H and O–H groups in total. The number of amides is 1. The van der Waals surface area contributed by atoms with Crippen LogP contribution in [0.2, 0.25) is 0 Å². The number of hydrogen-bond acceptors (Lipinski definition) is 5. The molecule has 0 aliphatic rings. The third kappa shape index (κ3) is 5.91. The van der Waals surface area contributed by atoms with Crippen LogP contribution in [0.1, 0.15) is 23.2 Å². The highest BCUT2D eigenvalue weighted by atomic mass is 19.3. The lowest BCUT2D eigenvalue weighted by Gasteiger charge is -2.13. The second kappa shape index (κ2) is 9.88. The Balaban J connectivity index is 1.64. The summed E-state index contributed by atoms with van der Waals surface area (Å²) in [6.07, 6.45) is 0. The Bertz CT molecular complexity index is 1050. The summed E-state index contributed by atoms with van der Waals surface area (Å²) in [6.45, 7) is -1.34. The Hall–Kier alpha value is -3.69. The van der Waals surface area contributed by atoms with Crippen LogP contribution in [-0.2, 0) is 6.61 Å². The molecule has 2 aromatic carbocycles. The molecule has 31 heavy (non-hydrogen) atoms. The molecule has 0 atom stereocenters. The SMILES string of the molecule is CCOc1cc(NC(=O)c2ccc(COc3ccc(F)cc3F)o2)ccc1OC(F)F.